The number of carbonyl (C=O) groups is 3. The zero-order valence-electron chi connectivity index (χ0n) is 13.6. The Kier molecular flexibility index (Phi) is 7.82. The van der Waals surface area contributed by atoms with Gasteiger partial charge in [-0.05, 0) is 19.1 Å². The first-order chi connectivity index (χ1) is 12.3. The zero-order chi connectivity index (χ0) is 19.7. The average molecular weight is 367 g/mol. The van der Waals surface area contributed by atoms with Gasteiger partial charge in [-0.25, -0.2) is 0 Å². The lowest BCUT2D eigenvalue weighted by Gasteiger charge is -2.11. The normalized spacial score (nSPS) is 11.2. The second-order valence-electron chi connectivity index (χ2n) is 4.93. The van der Waals surface area contributed by atoms with Gasteiger partial charge in [0.25, 0.3) is 5.91 Å². The number of nitrogens with one attached hydrogen (secondary N) is 2. The minimum Gasteiger partial charge on any atom is -0.456 e. The number of Topliss-reactive ketones (excluding diaryl/α,β-unsaturated/α-hetero) is 1. The standard InChI is InChI=1S/C16H15F2N3O5/c1-9(20)11(6-19)12(22)8-25-14(23)7-21-15(24)10-4-2-3-5-13(10)26-16(17)18/h2-5,11,16,20H,7-8H2,1H3,(H,21,24). The molecule has 0 aromatic heterocycles. The van der Waals surface area contributed by atoms with Crippen molar-refractivity contribution < 1.29 is 32.6 Å². The topological polar surface area (TPSA) is 129 Å². The summed E-state index contributed by atoms with van der Waals surface area (Å²) in [6.45, 7) is -3.21. The van der Waals surface area contributed by atoms with Crippen molar-refractivity contribution in [1.82, 2.24) is 5.32 Å². The molecule has 0 heterocycles. The molecule has 1 rings (SSSR count). The number of hydrogen-bond acceptors (Lipinski definition) is 7. The van der Waals surface area contributed by atoms with Gasteiger partial charge in [0.05, 0.1) is 11.6 Å². The molecule has 0 fully saturated rings. The maximum Gasteiger partial charge on any atom is 0.387 e. The van der Waals surface area contributed by atoms with Crippen LogP contribution in [0.2, 0.25) is 0 Å². The lowest BCUT2D eigenvalue weighted by atomic mass is 10.0. The highest BCUT2D eigenvalue weighted by Crippen LogP contribution is 2.19. The molecular formula is C16H15F2N3O5. The molecule has 10 heteroatoms. The van der Waals surface area contributed by atoms with Crippen LogP contribution >= 0.6 is 0 Å². The van der Waals surface area contributed by atoms with Gasteiger partial charge < -0.3 is 20.2 Å². The van der Waals surface area contributed by atoms with Crippen molar-refractivity contribution in [3.8, 4) is 11.8 Å². The lowest BCUT2D eigenvalue weighted by Crippen LogP contribution is -2.33. The number of rotatable bonds is 9. The Hall–Kier alpha value is -3.35. The summed E-state index contributed by atoms with van der Waals surface area (Å²) in [6, 6.07) is 6.82. The van der Waals surface area contributed by atoms with E-state index in [0.29, 0.717) is 0 Å². The van der Waals surface area contributed by atoms with Gasteiger partial charge in [-0.2, -0.15) is 14.0 Å². The van der Waals surface area contributed by atoms with Crippen LogP contribution in [-0.2, 0) is 14.3 Å². The molecule has 1 aromatic rings. The summed E-state index contributed by atoms with van der Waals surface area (Å²) in [4.78, 5) is 35.1. The third-order valence-electron chi connectivity index (χ3n) is 3.00. The fourth-order valence-corrected chi connectivity index (χ4v) is 1.80. The van der Waals surface area contributed by atoms with Crippen molar-refractivity contribution in [2.75, 3.05) is 13.2 Å². The Labute approximate surface area is 147 Å². The molecule has 1 unspecified atom stereocenters. The number of nitrogens with zero attached hydrogens (tertiary/aromatic N) is 1. The highest BCUT2D eigenvalue weighted by molar-refractivity contribution is 6.06. The number of alkyl halides is 2. The smallest absolute Gasteiger partial charge is 0.387 e. The van der Waals surface area contributed by atoms with Crippen molar-refractivity contribution in [2.45, 2.75) is 13.5 Å². The molecule has 2 N–H and O–H groups in total. The van der Waals surface area contributed by atoms with Gasteiger partial charge in [0, 0.05) is 5.71 Å². The molecule has 1 aromatic carbocycles. The van der Waals surface area contributed by atoms with Crippen molar-refractivity contribution in [3.05, 3.63) is 29.8 Å². The first-order valence-electron chi connectivity index (χ1n) is 7.21. The van der Waals surface area contributed by atoms with E-state index in [1.54, 1.807) is 6.07 Å². The highest BCUT2D eigenvalue weighted by atomic mass is 19.3. The molecule has 138 valence electrons. The second kappa shape index (κ2) is 9.83. The van der Waals surface area contributed by atoms with E-state index in [2.05, 4.69) is 14.8 Å². The van der Waals surface area contributed by atoms with Crippen LogP contribution in [0, 0.1) is 22.7 Å². The molecule has 26 heavy (non-hydrogen) atoms. The second-order valence-corrected chi connectivity index (χ2v) is 4.93. The number of para-hydroxylation sites is 1. The number of amides is 1. The van der Waals surface area contributed by atoms with Gasteiger partial charge in [0.15, 0.2) is 12.4 Å². The third kappa shape index (κ3) is 6.27. The molecular weight excluding hydrogens is 352 g/mol. The minimum atomic E-state index is -3.12. The molecule has 0 aliphatic rings. The molecule has 0 saturated heterocycles. The van der Waals surface area contributed by atoms with E-state index < -0.39 is 43.3 Å². The first kappa shape index (κ1) is 20.7. The molecule has 0 radical (unpaired) electrons. The van der Waals surface area contributed by atoms with Crippen LogP contribution in [-0.4, -0.2) is 43.1 Å². The summed E-state index contributed by atoms with van der Waals surface area (Å²) in [5.74, 6) is -4.26. The monoisotopic (exact) mass is 367 g/mol. The highest BCUT2D eigenvalue weighted by Gasteiger charge is 2.22. The van der Waals surface area contributed by atoms with Crippen LogP contribution in [0.15, 0.2) is 24.3 Å². The molecule has 8 nitrogen and oxygen atoms in total. The molecule has 1 amide bonds. The predicted octanol–water partition coefficient (Wildman–Crippen LogP) is 1.31. The Morgan fingerprint density at radius 2 is 1.96 bits per heavy atom. The minimum absolute atomic E-state index is 0.183. The van der Waals surface area contributed by atoms with Gasteiger partial charge in [0.1, 0.15) is 18.2 Å². The Balaban J connectivity index is 2.56. The number of ether oxygens (including phenoxy) is 2. The molecule has 1 atom stereocenters. The summed E-state index contributed by atoms with van der Waals surface area (Å²) in [7, 11) is 0. The van der Waals surface area contributed by atoms with Crippen LogP contribution in [0.5, 0.6) is 5.75 Å². The number of carbonyl (C=O) groups excluding carboxylic acids is 3. The number of nitriles is 1. The van der Waals surface area contributed by atoms with Crippen LogP contribution in [0.25, 0.3) is 0 Å². The van der Waals surface area contributed by atoms with Crippen LogP contribution < -0.4 is 10.1 Å². The quantitative estimate of drug-likeness (QED) is 0.500. The van der Waals surface area contributed by atoms with Gasteiger partial charge in [-0.15, -0.1) is 0 Å². The van der Waals surface area contributed by atoms with Crippen LogP contribution in [0.1, 0.15) is 17.3 Å². The summed E-state index contributed by atoms with van der Waals surface area (Å²) in [5.41, 5.74) is -0.391. The van der Waals surface area contributed by atoms with Crippen LogP contribution in [0.3, 0.4) is 0 Å². The predicted molar refractivity (Wildman–Crippen MR) is 83.9 cm³/mol. The fourth-order valence-electron chi connectivity index (χ4n) is 1.80. The van der Waals surface area contributed by atoms with Crippen molar-refractivity contribution in [3.63, 3.8) is 0 Å². The fraction of sp³-hybridized carbons (Fsp3) is 0.312. The first-order valence-corrected chi connectivity index (χ1v) is 7.21. The van der Waals surface area contributed by atoms with Gasteiger partial charge in [-0.1, -0.05) is 12.1 Å². The molecule has 0 aliphatic carbocycles. The van der Waals surface area contributed by atoms with Gasteiger partial charge in [0.2, 0.25) is 0 Å². The zero-order valence-corrected chi connectivity index (χ0v) is 13.6. The van der Waals surface area contributed by atoms with E-state index in [9.17, 15) is 23.2 Å². The average Bonchev–Trinajstić information content (AvgIpc) is 2.58. The summed E-state index contributed by atoms with van der Waals surface area (Å²) >= 11 is 0. The van der Waals surface area contributed by atoms with E-state index in [-0.39, 0.29) is 17.0 Å². The van der Waals surface area contributed by atoms with Crippen molar-refractivity contribution in [1.29, 1.82) is 10.7 Å². The van der Waals surface area contributed by atoms with Crippen LogP contribution in [0.4, 0.5) is 8.78 Å². The molecule has 0 bridgehead atoms. The van der Waals surface area contributed by atoms with E-state index >= 15 is 0 Å². The van der Waals surface area contributed by atoms with E-state index in [1.165, 1.54) is 31.2 Å². The SMILES string of the molecule is CC(=N)C(C#N)C(=O)COC(=O)CNC(=O)c1ccccc1OC(F)F. The Morgan fingerprint density at radius 1 is 1.31 bits per heavy atom. The number of benzene rings is 1. The van der Waals surface area contributed by atoms with E-state index in [0.717, 1.165) is 0 Å². The lowest BCUT2D eigenvalue weighted by molar-refractivity contribution is -0.147. The Bertz CT molecular complexity index is 746. The van der Waals surface area contributed by atoms with Gasteiger partial charge in [-0.3, -0.25) is 14.4 Å². The number of hydrogen-bond donors (Lipinski definition) is 2. The summed E-state index contributed by atoms with van der Waals surface area (Å²) in [6.07, 6.45) is 0. The molecule has 0 saturated carbocycles. The van der Waals surface area contributed by atoms with E-state index in [4.69, 9.17) is 10.7 Å². The third-order valence-corrected chi connectivity index (χ3v) is 3.00. The summed E-state index contributed by atoms with van der Waals surface area (Å²) < 4.78 is 33.4. The number of ketones is 1. The maximum absolute atomic E-state index is 12.3. The van der Waals surface area contributed by atoms with Gasteiger partial charge >= 0.3 is 12.6 Å². The largest absolute Gasteiger partial charge is 0.456 e. The maximum atomic E-state index is 12.3. The summed E-state index contributed by atoms with van der Waals surface area (Å²) in [5, 5.41) is 18.2. The Morgan fingerprint density at radius 3 is 2.54 bits per heavy atom. The van der Waals surface area contributed by atoms with E-state index in [1.807, 2.05) is 0 Å². The molecule has 0 spiro atoms. The number of esters is 1. The number of halogens is 2. The van der Waals surface area contributed by atoms with Crippen molar-refractivity contribution >= 4 is 23.4 Å². The van der Waals surface area contributed by atoms with Crippen molar-refractivity contribution in [2.24, 2.45) is 5.92 Å². The molecule has 0 aliphatic heterocycles.